The molecule has 0 rings (SSSR count). The average Bonchev–Trinajstić information content (AvgIpc) is 2.58. The van der Waals surface area contributed by atoms with Crippen LogP contribution >= 0.6 is 12.6 Å². The fraction of sp³-hybridized carbons (Fsp3) is 0.643. The van der Waals surface area contributed by atoms with Crippen LogP contribution in [0.3, 0.4) is 0 Å². The number of guanidine groups is 1. The molecule has 0 aromatic rings. The van der Waals surface area contributed by atoms with Crippen molar-refractivity contribution in [2.75, 3.05) is 12.3 Å². The van der Waals surface area contributed by atoms with Gasteiger partial charge in [0, 0.05) is 18.7 Å². The summed E-state index contributed by atoms with van der Waals surface area (Å²) in [6, 6.07) is -3.32. The maximum atomic E-state index is 12.2. The Morgan fingerprint density at radius 1 is 1.00 bits per heavy atom. The summed E-state index contributed by atoms with van der Waals surface area (Å²) in [4.78, 5) is 50.0. The van der Waals surface area contributed by atoms with Gasteiger partial charge >= 0.3 is 5.97 Å². The lowest BCUT2D eigenvalue weighted by Crippen LogP contribution is -2.55. The summed E-state index contributed by atoms with van der Waals surface area (Å²) in [5, 5.41) is 13.7. The maximum Gasteiger partial charge on any atom is 0.326 e. The first kappa shape index (κ1) is 24.5. The molecule has 0 aromatic heterocycles. The van der Waals surface area contributed by atoms with Crippen molar-refractivity contribution in [3.63, 3.8) is 0 Å². The van der Waals surface area contributed by atoms with Crippen molar-refractivity contribution in [2.45, 2.75) is 43.8 Å². The van der Waals surface area contributed by atoms with E-state index in [-0.39, 0.29) is 31.0 Å². The number of primary amides is 1. The van der Waals surface area contributed by atoms with Gasteiger partial charge < -0.3 is 38.7 Å². The smallest absolute Gasteiger partial charge is 0.326 e. The number of carbonyl (C=O) groups excluding carboxylic acids is 3. The Morgan fingerprint density at radius 2 is 1.59 bits per heavy atom. The second-order valence-corrected chi connectivity index (χ2v) is 6.07. The molecule has 0 spiro atoms. The fourth-order valence-corrected chi connectivity index (χ4v) is 2.20. The van der Waals surface area contributed by atoms with E-state index in [4.69, 9.17) is 28.0 Å². The molecular weight excluding hydrogens is 378 g/mol. The number of carbonyl (C=O) groups is 4. The van der Waals surface area contributed by atoms with E-state index >= 15 is 0 Å². The number of nitrogens with two attached hydrogens (primary N) is 4. The highest BCUT2D eigenvalue weighted by atomic mass is 32.1. The standard InChI is InChI=1S/C14H27N7O5S/c15-7(2-1-5-19-14(17)18)11(23)21-9(6-27)12(24)20-8(13(25)26)3-4-10(16)22/h7-9,27H,1-6,15H2,(H2,16,22)(H,20,24)(H,21,23)(H,25,26)(H4,17,18,19)/t7-,8-,9-/m0/s1. The van der Waals surface area contributed by atoms with E-state index in [1.165, 1.54) is 0 Å². The lowest BCUT2D eigenvalue weighted by Gasteiger charge is -2.21. The van der Waals surface area contributed by atoms with Crippen LogP contribution in [0.15, 0.2) is 4.99 Å². The van der Waals surface area contributed by atoms with Crippen LogP contribution < -0.4 is 33.6 Å². The first-order chi connectivity index (χ1) is 12.6. The number of hydrogen-bond donors (Lipinski definition) is 8. The number of thiol groups is 1. The van der Waals surface area contributed by atoms with Crippen molar-refractivity contribution < 1.29 is 24.3 Å². The van der Waals surface area contributed by atoms with E-state index in [1.807, 2.05) is 0 Å². The molecule has 0 aliphatic carbocycles. The number of carboxylic acid groups (broad SMARTS) is 1. The van der Waals surface area contributed by atoms with Gasteiger partial charge in [-0.2, -0.15) is 12.6 Å². The van der Waals surface area contributed by atoms with Crippen LogP contribution in [0, 0.1) is 0 Å². The quantitative estimate of drug-likeness (QED) is 0.0665. The van der Waals surface area contributed by atoms with E-state index in [2.05, 4.69) is 28.3 Å². The monoisotopic (exact) mass is 405 g/mol. The van der Waals surface area contributed by atoms with Crippen LogP contribution in [0.1, 0.15) is 25.7 Å². The molecule has 0 heterocycles. The lowest BCUT2D eigenvalue weighted by atomic mass is 10.1. The van der Waals surface area contributed by atoms with E-state index < -0.39 is 41.8 Å². The molecule has 13 heteroatoms. The van der Waals surface area contributed by atoms with E-state index in [9.17, 15) is 19.2 Å². The minimum absolute atomic E-state index is 0.0656. The number of aliphatic imine (C=N–C) groups is 1. The van der Waals surface area contributed by atoms with E-state index in [0.29, 0.717) is 13.0 Å². The Labute approximate surface area is 161 Å². The normalized spacial score (nSPS) is 13.7. The Kier molecular flexibility index (Phi) is 11.6. The molecule has 154 valence electrons. The van der Waals surface area contributed by atoms with Crippen molar-refractivity contribution in [1.29, 1.82) is 0 Å². The number of nitrogens with one attached hydrogen (secondary N) is 2. The Morgan fingerprint density at radius 3 is 2.07 bits per heavy atom. The highest BCUT2D eigenvalue weighted by Crippen LogP contribution is 2.01. The molecule has 0 fully saturated rings. The average molecular weight is 405 g/mol. The Hall–Kier alpha value is -2.54. The fourth-order valence-electron chi connectivity index (χ4n) is 1.94. The number of carboxylic acids is 1. The van der Waals surface area contributed by atoms with Crippen LogP contribution in [-0.2, 0) is 19.2 Å². The first-order valence-corrected chi connectivity index (χ1v) is 8.75. The molecule has 27 heavy (non-hydrogen) atoms. The third kappa shape index (κ3) is 10.9. The molecule has 12 nitrogen and oxygen atoms in total. The van der Waals surface area contributed by atoms with Gasteiger partial charge in [-0.05, 0) is 19.3 Å². The van der Waals surface area contributed by atoms with Crippen LogP contribution in [0.4, 0.5) is 0 Å². The number of hydrogen-bond acceptors (Lipinski definition) is 7. The van der Waals surface area contributed by atoms with Gasteiger partial charge in [0.1, 0.15) is 12.1 Å². The third-order valence-electron chi connectivity index (χ3n) is 3.41. The van der Waals surface area contributed by atoms with Crippen LogP contribution in [0.5, 0.6) is 0 Å². The number of aliphatic carboxylic acids is 1. The molecule has 0 bridgehead atoms. The summed E-state index contributed by atoms with van der Waals surface area (Å²) in [5.41, 5.74) is 21.1. The summed E-state index contributed by atoms with van der Waals surface area (Å²) in [7, 11) is 0. The van der Waals surface area contributed by atoms with Crippen molar-refractivity contribution >= 4 is 42.3 Å². The zero-order valence-electron chi connectivity index (χ0n) is 14.8. The van der Waals surface area contributed by atoms with Crippen molar-refractivity contribution in [1.82, 2.24) is 10.6 Å². The van der Waals surface area contributed by atoms with Gasteiger partial charge in [-0.1, -0.05) is 0 Å². The summed E-state index contributed by atoms with van der Waals surface area (Å²) < 4.78 is 0. The molecule has 0 saturated carbocycles. The molecule has 0 aliphatic heterocycles. The van der Waals surface area contributed by atoms with Crippen LogP contribution in [0.2, 0.25) is 0 Å². The second kappa shape index (κ2) is 12.8. The van der Waals surface area contributed by atoms with Crippen molar-refractivity contribution in [3.05, 3.63) is 0 Å². The minimum atomic E-state index is -1.33. The number of rotatable bonds is 13. The molecule has 0 radical (unpaired) electrons. The molecular formula is C14H27N7O5S. The minimum Gasteiger partial charge on any atom is -0.480 e. The highest BCUT2D eigenvalue weighted by Gasteiger charge is 2.27. The highest BCUT2D eigenvalue weighted by molar-refractivity contribution is 7.80. The predicted octanol–water partition coefficient (Wildman–Crippen LogP) is -3.38. The second-order valence-electron chi connectivity index (χ2n) is 5.70. The molecule has 0 aliphatic rings. The molecule has 11 N–H and O–H groups in total. The van der Waals surface area contributed by atoms with Gasteiger partial charge in [0.2, 0.25) is 17.7 Å². The largest absolute Gasteiger partial charge is 0.480 e. The molecule has 0 aromatic carbocycles. The van der Waals surface area contributed by atoms with Gasteiger partial charge in [0.05, 0.1) is 6.04 Å². The van der Waals surface area contributed by atoms with Gasteiger partial charge in [-0.25, -0.2) is 4.79 Å². The van der Waals surface area contributed by atoms with Gasteiger partial charge in [-0.3, -0.25) is 19.4 Å². The molecule has 0 saturated heterocycles. The molecule has 0 unspecified atom stereocenters. The van der Waals surface area contributed by atoms with Crippen LogP contribution in [-0.4, -0.2) is 65.2 Å². The van der Waals surface area contributed by atoms with Gasteiger partial charge in [0.25, 0.3) is 0 Å². The van der Waals surface area contributed by atoms with Gasteiger partial charge in [-0.15, -0.1) is 0 Å². The Balaban J connectivity index is 4.63. The third-order valence-corrected chi connectivity index (χ3v) is 3.78. The topological polar surface area (TPSA) is 229 Å². The van der Waals surface area contributed by atoms with Crippen LogP contribution in [0.25, 0.3) is 0 Å². The maximum absolute atomic E-state index is 12.2. The first-order valence-electron chi connectivity index (χ1n) is 8.12. The summed E-state index contributed by atoms with van der Waals surface area (Å²) >= 11 is 3.98. The van der Waals surface area contributed by atoms with Crippen molar-refractivity contribution in [2.24, 2.45) is 27.9 Å². The Bertz CT molecular complexity index is 568. The lowest BCUT2D eigenvalue weighted by molar-refractivity contribution is -0.142. The summed E-state index contributed by atoms with van der Waals surface area (Å²) in [5.74, 6) is -3.53. The number of amides is 3. The summed E-state index contributed by atoms with van der Waals surface area (Å²) in [6.45, 7) is 0.306. The molecule has 3 amide bonds. The predicted molar refractivity (Wildman–Crippen MR) is 102 cm³/mol. The zero-order chi connectivity index (χ0) is 21.0. The van der Waals surface area contributed by atoms with E-state index in [0.717, 1.165) is 0 Å². The molecule has 3 atom stereocenters. The van der Waals surface area contributed by atoms with E-state index in [1.54, 1.807) is 0 Å². The van der Waals surface area contributed by atoms with Gasteiger partial charge in [0.15, 0.2) is 5.96 Å². The SMILES string of the molecule is NC(=O)CC[C@H](NC(=O)[C@H](CS)NC(=O)[C@@H](N)CCCN=C(N)N)C(=O)O. The summed E-state index contributed by atoms with van der Waals surface area (Å²) in [6.07, 6.45) is 0.349. The zero-order valence-corrected chi connectivity index (χ0v) is 15.7. The number of nitrogens with zero attached hydrogens (tertiary/aromatic N) is 1. The van der Waals surface area contributed by atoms with Crippen molar-refractivity contribution in [3.8, 4) is 0 Å².